The highest BCUT2D eigenvalue weighted by Gasteiger charge is 2.15. The van der Waals surface area contributed by atoms with E-state index in [-0.39, 0.29) is 5.57 Å². The number of benzene rings is 1. The number of anilines is 1. The number of carbonyl (C=O) groups is 1. The fourth-order valence-electron chi connectivity index (χ4n) is 2.28. The number of carbonyl (C=O) groups excluding carboxylic acids is 1. The third-order valence-corrected chi connectivity index (χ3v) is 4.03. The van der Waals surface area contributed by atoms with Crippen molar-refractivity contribution >= 4 is 39.4 Å². The van der Waals surface area contributed by atoms with Gasteiger partial charge in [0, 0.05) is 28.9 Å². The molecule has 3 rings (SSSR count). The number of furan rings is 1. The first-order valence-electron chi connectivity index (χ1n) is 7.06. The van der Waals surface area contributed by atoms with E-state index in [1.165, 1.54) is 11.3 Å². The summed E-state index contributed by atoms with van der Waals surface area (Å²) in [7, 11) is 0. The summed E-state index contributed by atoms with van der Waals surface area (Å²) >= 11 is 1.30. The Morgan fingerprint density at radius 1 is 1.48 bits per heavy atom. The SMILES string of the molecule is CCc1oc2ccccc2c1C=C(C#N)C(=O)Nc1nccs1. The summed E-state index contributed by atoms with van der Waals surface area (Å²) < 4.78 is 5.78. The zero-order chi connectivity index (χ0) is 16.2. The minimum absolute atomic E-state index is 0.0152. The molecular formula is C17H13N3O2S. The van der Waals surface area contributed by atoms with Crippen LogP contribution in [0.2, 0.25) is 0 Å². The Balaban J connectivity index is 2.01. The van der Waals surface area contributed by atoms with Crippen molar-refractivity contribution in [3.8, 4) is 6.07 Å². The van der Waals surface area contributed by atoms with Crippen molar-refractivity contribution in [2.24, 2.45) is 0 Å². The number of hydrogen-bond donors (Lipinski definition) is 1. The van der Waals surface area contributed by atoms with Crippen LogP contribution in [0.5, 0.6) is 0 Å². The largest absolute Gasteiger partial charge is 0.460 e. The van der Waals surface area contributed by atoms with E-state index < -0.39 is 5.91 Å². The highest BCUT2D eigenvalue weighted by molar-refractivity contribution is 7.13. The fourth-order valence-corrected chi connectivity index (χ4v) is 2.80. The van der Waals surface area contributed by atoms with Crippen LogP contribution < -0.4 is 5.32 Å². The molecule has 0 bridgehead atoms. The van der Waals surface area contributed by atoms with Gasteiger partial charge in [-0.1, -0.05) is 25.1 Å². The Bertz CT molecular complexity index is 917. The van der Waals surface area contributed by atoms with Gasteiger partial charge in [0.05, 0.1) is 0 Å². The molecule has 0 atom stereocenters. The first kappa shape index (κ1) is 15.0. The lowest BCUT2D eigenvalue weighted by atomic mass is 10.1. The summed E-state index contributed by atoms with van der Waals surface area (Å²) in [5.41, 5.74) is 1.53. The standard InChI is InChI=1S/C17H13N3O2S/c1-2-14-13(12-5-3-4-6-15(12)22-14)9-11(10-18)16(21)20-17-19-7-8-23-17/h3-9H,2H2,1H3,(H,19,20,21). The number of nitrogens with one attached hydrogen (secondary N) is 1. The molecule has 5 nitrogen and oxygen atoms in total. The van der Waals surface area contributed by atoms with Crippen molar-refractivity contribution in [3.63, 3.8) is 0 Å². The molecular weight excluding hydrogens is 310 g/mol. The Hall–Kier alpha value is -2.91. The molecule has 114 valence electrons. The van der Waals surface area contributed by atoms with Gasteiger partial charge < -0.3 is 4.42 Å². The number of rotatable bonds is 4. The minimum Gasteiger partial charge on any atom is -0.460 e. The van der Waals surface area contributed by atoms with Crippen molar-refractivity contribution in [2.45, 2.75) is 13.3 Å². The summed E-state index contributed by atoms with van der Waals surface area (Å²) in [5, 5.41) is 15.1. The van der Waals surface area contributed by atoms with Crippen LogP contribution in [0.1, 0.15) is 18.2 Å². The van der Waals surface area contributed by atoms with Gasteiger partial charge in [-0.05, 0) is 12.1 Å². The van der Waals surface area contributed by atoms with E-state index in [9.17, 15) is 10.1 Å². The van der Waals surface area contributed by atoms with Gasteiger partial charge in [0.15, 0.2) is 5.13 Å². The molecule has 0 fully saturated rings. The number of aromatic nitrogens is 1. The van der Waals surface area contributed by atoms with Gasteiger partial charge in [-0.25, -0.2) is 4.98 Å². The van der Waals surface area contributed by atoms with Crippen LogP contribution in [0.25, 0.3) is 17.0 Å². The molecule has 0 unspecified atom stereocenters. The Morgan fingerprint density at radius 2 is 2.30 bits per heavy atom. The lowest BCUT2D eigenvalue weighted by molar-refractivity contribution is -0.112. The van der Waals surface area contributed by atoms with Crippen LogP contribution in [-0.4, -0.2) is 10.9 Å². The molecule has 3 aromatic rings. The number of fused-ring (bicyclic) bond motifs is 1. The summed E-state index contributed by atoms with van der Waals surface area (Å²) in [6, 6.07) is 9.52. The molecule has 6 heteroatoms. The van der Waals surface area contributed by atoms with Crippen molar-refractivity contribution in [2.75, 3.05) is 5.32 Å². The number of amides is 1. The molecule has 0 radical (unpaired) electrons. The molecule has 0 aliphatic carbocycles. The predicted molar refractivity (Wildman–Crippen MR) is 89.9 cm³/mol. The lowest BCUT2D eigenvalue weighted by Crippen LogP contribution is -2.13. The minimum atomic E-state index is -0.477. The van der Waals surface area contributed by atoms with Crippen molar-refractivity contribution < 1.29 is 9.21 Å². The van der Waals surface area contributed by atoms with E-state index in [1.807, 2.05) is 37.3 Å². The van der Waals surface area contributed by atoms with E-state index in [4.69, 9.17) is 4.42 Å². The highest BCUT2D eigenvalue weighted by atomic mass is 32.1. The van der Waals surface area contributed by atoms with E-state index >= 15 is 0 Å². The molecule has 0 aliphatic heterocycles. The average Bonchev–Trinajstić information content (AvgIpc) is 3.19. The van der Waals surface area contributed by atoms with Crippen LogP contribution in [0.4, 0.5) is 5.13 Å². The number of aryl methyl sites for hydroxylation is 1. The topological polar surface area (TPSA) is 78.9 Å². The van der Waals surface area contributed by atoms with Crippen LogP contribution in [-0.2, 0) is 11.2 Å². The molecule has 0 aliphatic rings. The molecule has 2 heterocycles. The molecule has 1 aromatic carbocycles. The van der Waals surface area contributed by atoms with Crippen LogP contribution >= 0.6 is 11.3 Å². The van der Waals surface area contributed by atoms with E-state index in [0.717, 1.165) is 22.3 Å². The smallest absolute Gasteiger partial charge is 0.268 e. The van der Waals surface area contributed by atoms with Gasteiger partial charge in [-0.2, -0.15) is 5.26 Å². The summed E-state index contributed by atoms with van der Waals surface area (Å²) in [6.45, 7) is 1.97. The second kappa shape index (κ2) is 6.46. The maximum absolute atomic E-state index is 12.2. The van der Waals surface area contributed by atoms with Crippen molar-refractivity contribution in [1.29, 1.82) is 5.26 Å². The van der Waals surface area contributed by atoms with Crippen LogP contribution in [0.15, 0.2) is 45.8 Å². The fraction of sp³-hybridized carbons (Fsp3) is 0.118. The van der Waals surface area contributed by atoms with E-state index in [1.54, 1.807) is 17.7 Å². The van der Waals surface area contributed by atoms with Gasteiger partial charge in [-0.3, -0.25) is 10.1 Å². The third-order valence-electron chi connectivity index (χ3n) is 3.34. The maximum atomic E-state index is 12.2. The second-order valence-electron chi connectivity index (χ2n) is 4.75. The van der Waals surface area contributed by atoms with Gasteiger partial charge >= 0.3 is 0 Å². The molecule has 2 aromatic heterocycles. The number of para-hydroxylation sites is 1. The third kappa shape index (κ3) is 3.00. The monoisotopic (exact) mass is 323 g/mol. The summed E-state index contributed by atoms with van der Waals surface area (Å²) in [6.07, 6.45) is 3.84. The van der Waals surface area contributed by atoms with Crippen LogP contribution in [0, 0.1) is 11.3 Å². The normalized spacial score (nSPS) is 11.4. The summed E-state index contributed by atoms with van der Waals surface area (Å²) in [4.78, 5) is 16.2. The maximum Gasteiger partial charge on any atom is 0.268 e. The quantitative estimate of drug-likeness (QED) is 0.581. The molecule has 23 heavy (non-hydrogen) atoms. The van der Waals surface area contributed by atoms with Crippen molar-refractivity contribution in [3.05, 3.63) is 52.7 Å². The van der Waals surface area contributed by atoms with Crippen molar-refractivity contribution in [1.82, 2.24) is 4.98 Å². The van der Waals surface area contributed by atoms with Crippen LogP contribution in [0.3, 0.4) is 0 Å². The molecule has 0 saturated carbocycles. The van der Waals surface area contributed by atoms with Gasteiger partial charge in [0.25, 0.3) is 5.91 Å². The zero-order valence-electron chi connectivity index (χ0n) is 12.4. The Kier molecular flexibility index (Phi) is 4.22. The Morgan fingerprint density at radius 3 is 3.00 bits per heavy atom. The summed E-state index contributed by atoms with van der Waals surface area (Å²) in [5.74, 6) is 0.274. The highest BCUT2D eigenvalue weighted by Crippen LogP contribution is 2.28. The first-order chi connectivity index (χ1) is 11.2. The molecule has 0 saturated heterocycles. The number of nitrogens with zero attached hydrogens (tertiary/aromatic N) is 2. The van der Waals surface area contributed by atoms with Gasteiger partial charge in [0.1, 0.15) is 23.0 Å². The predicted octanol–water partition coefficient (Wildman–Crippen LogP) is 4.00. The first-order valence-corrected chi connectivity index (χ1v) is 7.94. The average molecular weight is 323 g/mol. The van der Waals surface area contributed by atoms with Gasteiger partial charge in [0.2, 0.25) is 0 Å². The second-order valence-corrected chi connectivity index (χ2v) is 5.64. The molecule has 0 spiro atoms. The Labute approximate surface area is 136 Å². The number of hydrogen-bond acceptors (Lipinski definition) is 5. The van der Waals surface area contributed by atoms with Gasteiger partial charge in [-0.15, -0.1) is 11.3 Å². The van der Waals surface area contributed by atoms with E-state index in [0.29, 0.717) is 11.6 Å². The number of nitriles is 1. The molecule has 1 N–H and O–H groups in total. The molecule has 1 amide bonds. The van der Waals surface area contributed by atoms with E-state index in [2.05, 4.69) is 10.3 Å². The number of thiazole rings is 1. The zero-order valence-corrected chi connectivity index (χ0v) is 13.2. The lowest BCUT2D eigenvalue weighted by Gasteiger charge is -2.00.